The van der Waals surface area contributed by atoms with Gasteiger partial charge in [-0.2, -0.15) is 0 Å². The van der Waals surface area contributed by atoms with E-state index >= 15 is 0 Å². The SMILES string of the molecule is CCCN1CCN(C(CO)c2cc(OC)c(OC)c(OC)c2)CC1. The number of methoxy groups -OCH3 is 3. The fraction of sp³-hybridized carbons (Fsp3) is 0.667. The Hall–Kier alpha value is -1.50. The van der Waals surface area contributed by atoms with Gasteiger partial charge in [-0.25, -0.2) is 0 Å². The number of aliphatic hydroxyl groups excluding tert-OH is 1. The smallest absolute Gasteiger partial charge is 0.203 e. The summed E-state index contributed by atoms with van der Waals surface area (Å²) in [6.45, 7) is 7.38. The molecule has 136 valence electrons. The molecule has 1 heterocycles. The standard InChI is InChI=1S/C18H30N2O4/c1-5-6-19-7-9-20(10-8-19)15(13-21)14-11-16(22-2)18(24-4)17(12-14)23-3/h11-12,15,21H,5-10,13H2,1-4H3. The topological polar surface area (TPSA) is 54.4 Å². The quantitative estimate of drug-likeness (QED) is 0.780. The van der Waals surface area contributed by atoms with Crippen LogP contribution in [0, 0.1) is 0 Å². The van der Waals surface area contributed by atoms with Crippen LogP contribution in [0.5, 0.6) is 17.2 Å². The third-order valence-electron chi connectivity index (χ3n) is 4.63. The van der Waals surface area contributed by atoms with Crippen molar-refractivity contribution in [3.63, 3.8) is 0 Å². The Balaban J connectivity index is 2.21. The summed E-state index contributed by atoms with van der Waals surface area (Å²) >= 11 is 0. The van der Waals surface area contributed by atoms with Crippen molar-refractivity contribution < 1.29 is 19.3 Å². The maximum atomic E-state index is 9.99. The second-order valence-corrected chi connectivity index (χ2v) is 6.03. The number of hydrogen-bond donors (Lipinski definition) is 1. The van der Waals surface area contributed by atoms with Crippen LogP contribution in [0.1, 0.15) is 24.9 Å². The summed E-state index contributed by atoms with van der Waals surface area (Å²) in [6.07, 6.45) is 1.18. The van der Waals surface area contributed by atoms with E-state index in [0.717, 1.165) is 38.3 Å². The van der Waals surface area contributed by atoms with E-state index in [9.17, 15) is 5.11 Å². The maximum Gasteiger partial charge on any atom is 0.203 e. The van der Waals surface area contributed by atoms with Crippen LogP contribution < -0.4 is 14.2 Å². The first-order valence-electron chi connectivity index (χ1n) is 8.55. The number of benzene rings is 1. The maximum absolute atomic E-state index is 9.99. The Bertz CT molecular complexity index is 491. The molecule has 1 aromatic rings. The number of aliphatic hydroxyl groups is 1. The summed E-state index contributed by atoms with van der Waals surface area (Å²) in [5.41, 5.74) is 0.982. The molecule has 24 heavy (non-hydrogen) atoms. The van der Waals surface area contributed by atoms with Gasteiger partial charge in [-0.1, -0.05) is 6.92 Å². The van der Waals surface area contributed by atoms with Crippen molar-refractivity contribution >= 4 is 0 Å². The molecular formula is C18H30N2O4. The molecule has 1 saturated heterocycles. The Kier molecular flexibility index (Phi) is 7.15. The molecule has 0 radical (unpaired) electrons. The molecular weight excluding hydrogens is 308 g/mol. The average Bonchev–Trinajstić information content (AvgIpc) is 2.63. The van der Waals surface area contributed by atoms with Crippen LogP contribution in [0.2, 0.25) is 0 Å². The molecule has 1 aliphatic rings. The van der Waals surface area contributed by atoms with E-state index in [4.69, 9.17) is 14.2 Å². The largest absolute Gasteiger partial charge is 0.493 e. The van der Waals surface area contributed by atoms with Crippen LogP contribution in [-0.2, 0) is 0 Å². The molecule has 1 N–H and O–H groups in total. The summed E-state index contributed by atoms with van der Waals surface area (Å²) in [4.78, 5) is 4.80. The molecule has 2 rings (SSSR count). The zero-order valence-electron chi connectivity index (χ0n) is 15.2. The summed E-state index contributed by atoms with van der Waals surface area (Å²) in [6, 6.07) is 3.80. The summed E-state index contributed by atoms with van der Waals surface area (Å²) < 4.78 is 16.3. The van der Waals surface area contributed by atoms with Gasteiger partial charge >= 0.3 is 0 Å². The van der Waals surface area contributed by atoms with Crippen molar-refractivity contribution in [2.75, 3.05) is 60.7 Å². The second-order valence-electron chi connectivity index (χ2n) is 6.03. The van der Waals surface area contributed by atoms with E-state index in [2.05, 4.69) is 16.7 Å². The van der Waals surface area contributed by atoms with Crippen LogP contribution >= 0.6 is 0 Å². The Morgan fingerprint density at radius 1 is 1.00 bits per heavy atom. The van der Waals surface area contributed by atoms with Gasteiger partial charge in [0, 0.05) is 26.2 Å². The Morgan fingerprint density at radius 2 is 1.58 bits per heavy atom. The molecule has 1 atom stereocenters. The molecule has 0 bridgehead atoms. The lowest BCUT2D eigenvalue weighted by Gasteiger charge is -2.39. The molecule has 0 amide bonds. The van der Waals surface area contributed by atoms with Gasteiger partial charge in [0.15, 0.2) is 11.5 Å². The monoisotopic (exact) mass is 338 g/mol. The van der Waals surface area contributed by atoms with Crippen LogP contribution in [-0.4, -0.2) is 75.6 Å². The van der Waals surface area contributed by atoms with Crippen molar-refractivity contribution in [2.24, 2.45) is 0 Å². The zero-order chi connectivity index (χ0) is 17.5. The van der Waals surface area contributed by atoms with Gasteiger partial charge in [0.1, 0.15) is 0 Å². The lowest BCUT2D eigenvalue weighted by atomic mass is 10.0. The average molecular weight is 338 g/mol. The molecule has 1 aliphatic heterocycles. The van der Waals surface area contributed by atoms with Crippen molar-refractivity contribution in [1.82, 2.24) is 9.80 Å². The second kappa shape index (κ2) is 9.11. The van der Waals surface area contributed by atoms with Crippen molar-refractivity contribution in [3.05, 3.63) is 17.7 Å². The van der Waals surface area contributed by atoms with Gasteiger partial charge in [0.05, 0.1) is 34.0 Å². The number of hydrogen-bond acceptors (Lipinski definition) is 6. The van der Waals surface area contributed by atoms with E-state index < -0.39 is 0 Å². The first-order valence-corrected chi connectivity index (χ1v) is 8.55. The lowest BCUT2D eigenvalue weighted by molar-refractivity contribution is 0.0649. The highest BCUT2D eigenvalue weighted by Crippen LogP contribution is 2.40. The van der Waals surface area contributed by atoms with Gasteiger partial charge < -0.3 is 24.2 Å². The zero-order valence-corrected chi connectivity index (χ0v) is 15.2. The Labute approximate surface area is 144 Å². The van der Waals surface area contributed by atoms with Crippen molar-refractivity contribution in [1.29, 1.82) is 0 Å². The molecule has 0 spiro atoms. The van der Waals surface area contributed by atoms with Gasteiger partial charge in [0.2, 0.25) is 5.75 Å². The van der Waals surface area contributed by atoms with Crippen LogP contribution in [0.4, 0.5) is 0 Å². The number of ether oxygens (including phenoxy) is 3. The summed E-state index contributed by atoms with van der Waals surface area (Å²) in [5, 5.41) is 9.99. The fourth-order valence-corrected chi connectivity index (χ4v) is 3.34. The molecule has 1 unspecified atom stereocenters. The highest BCUT2D eigenvalue weighted by molar-refractivity contribution is 5.54. The number of nitrogens with zero attached hydrogens (tertiary/aromatic N) is 2. The first-order chi connectivity index (χ1) is 11.7. The third kappa shape index (κ3) is 4.12. The van der Waals surface area contributed by atoms with E-state index in [1.165, 1.54) is 6.42 Å². The number of rotatable bonds is 8. The molecule has 0 saturated carbocycles. The highest BCUT2D eigenvalue weighted by Gasteiger charge is 2.26. The van der Waals surface area contributed by atoms with Gasteiger partial charge in [-0.15, -0.1) is 0 Å². The van der Waals surface area contributed by atoms with Crippen molar-refractivity contribution in [3.8, 4) is 17.2 Å². The highest BCUT2D eigenvalue weighted by atomic mass is 16.5. The van der Waals surface area contributed by atoms with Gasteiger partial charge in [-0.05, 0) is 30.7 Å². The van der Waals surface area contributed by atoms with Crippen molar-refractivity contribution in [2.45, 2.75) is 19.4 Å². The van der Waals surface area contributed by atoms with Gasteiger partial charge in [-0.3, -0.25) is 4.90 Å². The predicted molar refractivity (Wildman–Crippen MR) is 94.2 cm³/mol. The molecule has 0 aromatic heterocycles. The third-order valence-corrected chi connectivity index (χ3v) is 4.63. The van der Waals surface area contributed by atoms with Crippen LogP contribution in [0.25, 0.3) is 0 Å². The van der Waals surface area contributed by atoms with E-state index in [1.54, 1.807) is 21.3 Å². The number of piperazine rings is 1. The lowest BCUT2D eigenvalue weighted by Crippen LogP contribution is -2.48. The van der Waals surface area contributed by atoms with E-state index in [0.29, 0.717) is 17.2 Å². The summed E-state index contributed by atoms with van der Waals surface area (Å²) in [7, 11) is 4.81. The molecule has 6 nitrogen and oxygen atoms in total. The minimum Gasteiger partial charge on any atom is -0.493 e. The van der Waals surface area contributed by atoms with Gasteiger partial charge in [0.25, 0.3) is 0 Å². The molecule has 1 fully saturated rings. The minimum atomic E-state index is -0.0671. The molecule has 6 heteroatoms. The first kappa shape index (κ1) is 18.8. The molecule has 0 aliphatic carbocycles. The van der Waals surface area contributed by atoms with Crippen LogP contribution in [0.3, 0.4) is 0 Å². The summed E-state index contributed by atoms with van der Waals surface area (Å²) in [5.74, 6) is 1.82. The minimum absolute atomic E-state index is 0.0619. The Morgan fingerprint density at radius 3 is 2.00 bits per heavy atom. The fourth-order valence-electron chi connectivity index (χ4n) is 3.34. The molecule has 1 aromatic carbocycles. The van der Waals surface area contributed by atoms with E-state index in [-0.39, 0.29) is 12.6 Å². The van der Waals surface area contributed by atoms with Crippen LogP contribution in [0.15, 0.2) is 12.1 Å². The normalized spacial score (nSPS) is 17.5. The predicted octanol–water partition coefficient (Wildman–Crippen LogP) is 1.77. The van der Waals surface area contributed by atoms with E-state index in [1.807, 2.05) is 12.1 Å².